The smallest absolute Gasteiger partial charge is 0.112 e. The molecule has 0 saturated carbocycles. The first-order chi connectivity index (χ1) is 13.5. The molecule has 0 aliphatic rings. The van der Waals surface area contributed by atoms with Gasteiger partial charge in [-0.15, -0.1) is 0 Å². The minimum Gasteiger partial charge on any atom is -0.399 e. The summed E-state index contributed by atoms with van der Waals surface area (Å²) in [6.45, 7) is 11.9. The van der Waals surface area contributed by atoms with Crippen molar-refractivity contribution in [2.45, 2.75) is 55.0 Å². The molecule has 0 saturated heterocycles. The van der Waals surface area contributed by atoms with Crippen molar-refractivity contribution >= 4 is 5.71 Å². The highest BCUT2D eigenvalue weighted by Crippen LogP contribution is 2.10. The van der Waals surface area contributed by atoms with Crippen molar-refractivity contribution in [3.63, 3.8) is 0 Å². The SMILES string of the molecule is C.CC.CC.CO/N=C(/CO)c1ccc(C)cc1.Cc1ccc(C(N)CO)cc1. The summed E-state index contributed by atoms with van der Waals surface area (Å²) in [5, 5.41) is 21.4. The maximum Gasteiger partial charge on any atom is 0.112 e. The molecule has 0 bridgehead atoms. The van der Waals surface area contributed by atoms with E-state index in [0.717, 1.165) is 11.1 Å². The van der Waals surface area contributed by atoms with Crippen LogP contribution in [0, 0.1) is 13.8 Å². The summed E-state index contributed by atoms with van der Waals surface area (Å²) in [5.41, 5.74) is 10.4. The highest BCUT2D eigenvalue weighted by molar-refractivity contribution is 6.01. The minimum atomic E-state index is -0.240. The third kappa shape index (κ3) is 13.6. The van der Waals surface area contributed by atoms with Gasteiger partial charge in [-0.25, -0.2) is 0 Å². The molecule has 0 heterocycles. The lowest BCUT2D eigenvalue weighted by molar-refractivity contribution is 0.209. The lowest BCUT2D eigenvalue weighted by Crippen LogP contribution is -2.14. The van der Waals surface area contributed by atoms with Gasteiger partial charge in [-0.3, -0.25) is 0 Å². The van der Waals surface area contributed by atoms with Gasteiger partial charge in [0.1, 0.15) is 12.8 Å². The number of oxime groups is 1. The van der Waals surface area contributed by atoms with Crippen LogP contribution in [-0.2, 0) is 4.84 Å². The van der Waals surface area contributed by atoms with E-state index in [2.05, 4.69) is 9.99 Å². The van der Waals surface area contributed by atoms with E-state index < -0.39 is 0 Å². The van der Waals surface area contributed by atoms with E-state index >= 15 is 0 Å². The standard InChI is InChI=1S/C10H13NO2.C9H13NO.2C2H6.CH4/c1-8-3-5-9(6-4-8)10(7-12)11-13-2;1-7-2-4-8(5-3-7)9(10)6-11;2*1-2;/h3-6,12H,7H2,1-2H3;2-5,9,11H,6,10H2,1H3;2*1-2H3;1H4/b11-10-;;;;. The molecule has 0 radical (unpaired) electrons. The maximum atomic E-state index is 8.97. The number of aliphatic hydroxyl groups is 2. The molecule has 0 amide bonds. The fraction of sp³-hybridized carbons (Fsp3) is 0.458. The molecule has 0 aliphatic carbocycles. The van der Waals surface area contributed by atoms with E-state index in [0.29, 0.717) is 5.71 Å². The van der Waals surface area contributed by atoms with Crippen LogP contribution in [-0.4, -0.2) is 36.2 Å². The fourth-order valence-electron chi connectivity index (χ4n) is 1.95. The second kappa shape index (κ2) is 20.5. The van der Waals surface area contributed by atoms with E-state index in [1.54, 1.807) is 0 Å². The van der Waals surface area contributed by atoms with Crippen molar-refractivity contribution in [2.24, 2.45) is 10.9 Å². The molecule has 0 aliphatic heterocycles. The first kappa shape index (κ1) is 31.5. The molecule has 0 aromatic heterocycles. The summed E-state index contributed by atoms with van der Waals surface area (Å²) >= 11 is 0. The predicted octanol–water partition coefficient (Wildman–Crippen LogP) is 5.01. The molecular weight excluding hydrogens is 364 g/mol. The Bertz CT molecular complexity index is 624. The molecule has 2 rings (SSSR count). The van der Waals surface area contributed by atoms with E-state index in [1.807, 2.05) is 90.1 Å². The van der Waals surface area contributed by atoms with Gasteiger partial charge in [-0.05, 0) is 19.4 Å². The largest absolute Gasteiger partial charge is 0.399 e. The molecule has 4 N–H and O–H groups in total. The Kier molecular flexibility index (Phi) is 22.3. The van der Waals surface area contributed by atoms with Crippen molar-refractivity contribution in [1.29, 1.82) is 0 Å². The average Bonchev–Trinajstić information content (AvgIpc) is 2.76. The second-order valence-electron chi connectivity index (χ2n) is 5.44. The van der Waals surface area contributed by atoms with Crippen molar-refractivity contribution in [2.75, 3.05) is 20.3 Å². The summed E-state index contributed by atoms with van der Waals surface area (Å²) in [5.74, 6) is 0. The van der Waals surface area contributed by atoms with Crippen LogP contribution in [0.2, 0.25) is 0 Å². The molecule has 0 fully saturated rings. The highest BCUT2D eigenvalue weighted by Gasteiger charge is 2.02. The summed E-state index contributed by atoms with van der Waals surface area (Å²) in [7, 11) is 1.46. The Hall–Kier alpha value is -2.21. The summed E-state index contributed by atoms with van der Waals surface area (Å²) in [6.07, 6.45) is 0. The Morgan fingerprint density at radius 3 is 1.66 bits per heavy atom. The van der Waals surface area contributed by atoms with Crippen LogP contribution >= 0.6 is 0 Å². The monoisotopic (exact) mass is 406 g/mol. The van der Waals surface area contributed by atoms with Gasteiger partial charge in [-0.2, -0.15) is 0 Å². The quantitative estimate of drug-likeness (QED) is 0.481. The Morgan fingerprint density at radius 2 is 1.31 bits per heavy atom. The maximum absolute atomic E-state index is 8.97. The Labute approximate surface area is 178 Å². The lowest BCUT2D eigenvalue weighted by Gasteiger charge is -2.07. The minimum absolute atomic E-state index is 0. The molecule has 1 unspecified atom stereocenters. The van der Waals surface area contributed by atoms with Gasteiger partial charge >= 0.3 is 0 Å². The van der Waals surface area contributed by atoms with Gasteiger partial charge in [0.25, 0.3) is 0 Å². The molecule has 0 spiro atoms. The number of aryl methyl sites for hydroxylation is 2. The number of hydrogen-bond donors (Lipinski definition) is 3. The number of aliphatic hydroxyl groups excluding tert-OH is 2. The van der Waals surface area contributed by atoms with Crippen molar-refractivity contribution in [1.82, 2.24) is 0 Å². The van der Waals surface area contributed by atoms with Gasteiger partial charge in [0.2, 0.25) is 0 Å². The lowest BCUT2D eigenvalue weighted by atomic mass is 10.1. The number of benzene rings is 2. The topological polar surface area (TPSA) is 88.1 Å². The van der Waals surface area contributed by atoms with E-state index in [4.69, 9.17) is 15.9 Å². The van der Waals surface area contributed by atoms with Crippen LogP contribution < -0.4 is 5.73 Å². The zero-order chi connectivity index (χ0) is 21.9. The van der Waals surface area contributed by atoms with Crippen molar-refractivity contribution < 1.29 is 15.1 Å². The van der Waals surface area contributed by atoms with E-state index in [9.17, 15) is 0 Å². The molecule has 2 aromatic rings. The van der Waals surface area contributed by atoms with Gasteiger partial charge in [0.15, 0.2) is 0 Å². The third-order valence-electron chi connectivity index (χ3n) is 3.44. The molecule has 5 heteroatoms. The molecule has 2 aromatic carbocycles. The van der Waals surface area contributed by atoms with Gasteiger partial charge < -0.3 is 20.8 Å². The molecule has 1 atom stereocenters. The first-order valence-electron chi connectivity index (χ1n) is 9.72. The Balaban J connectivity index is -0.000000389. The molecular formula is C24H42N2O3. The van der Waals surface area contributed by atoms with Crippen molar-refractivity contribution in [3.05, 3.63) is 70.8 Å². The van der Waals surface area contributed by atoms with Gasteiger partial charge in [0.05, 0.1) is 19.3 Å². The summed E-state index contributed by atoms with van der Waals surface area (Å²) in [6, 6.07) is 15.4. The van der Waals surface area contributed by atoms with E-state index in [-0.39, 0.29) is 26.7 Å². The van der Waals surface area contributed by atoms with Gasteiger partial charge in [-0.1, -0.05) is 99.9 Å². The van der Waals surface area contributed by atoms with Crippen LogP contribution in [0.3, 0.4) is 0 Å². The number of nitrogens with two attached hydrogens (primary N) is 1. The first-order valence-corrected chi connectivity index (χ1v) is 9.72. The van der Waals surface area contributed by atoms with Crippen LogP contribution in [0.1, 0.15) is 63.4 Å². The van der Waals surface area contributed by atoms with Gasteiger partial charge in [0, 0.05) is 5.56 Å². The number of rotatable bonds is 5. The normalized spacial score (nSPS) is 10.5. The second-order valence-corrected chi connectivity index (χ2v) is 5.44. The van der Waals surface area contributed by atoms with Crippen LogP contribution in [0.5, 0.6) is 0 Å². The number of nitrogens with zero attached hydrogens (tertiary/aromatic N) is 1. The Morgan fingerprint density at radius 1 is 0.897 bits per heavy atom. The van der Waals surface area contributed by atoms with Crippen LogP contribution in [0.4, 0.5) is 0 Å². The fourth-order valence-corrected chi connectivity index (χ4v) is 1.95. The predicted molar refractivity (Wildman–Crippen MR) is 126 cm³/mol. The average molecular weight is 407 g/mol. The third-order valence-corrected chi connectivity index (χ3v) is 3.44. The zero-order valence-electron chi connectivity index (χ0n) is 18.4. The summed E-state index contributed by atoms with van der Waals surface area (Å²) in [4.78, 5) is 4.61. The van der Waals surface area contributed by atoms with Crippen LogP contribution in [0.15, 0.2) is 53.7 Å². The molecule has 5 nitrogen and oxygen atoms in total. The summed E-state index contributed by atoms with van der Waals surface area (Å²) < 4.78 is 0. The van der Waals surface area contributed by atoms with Crippen LogP contribution in [0.25, 0.3) is 0 Å². The van der Waals surface area contributed by atoms with Crippen molar-refractivity contribution in [3.8, 4) is 0 Å². The molecule has 29 heavy (non-hydrogen) atoms. The molecule has 166 valence electrons. The highest BCUT2D eigenvalue weighted by atomic mass is 16.6. The van der Waals surface area contributed by atoms with E-state index in [1.165, 1.54) is 18.2 Å². The zero-order valence-corrected chi connectivity index (χ0v) is 18.4. The number of hydrogen-bond acceptors (Lipinski definition) is 5.